The number of thiazole rings is 1. The molecule has 1 aromatic heterocycles. The van der Waals surface area contributed by atoms with Crippen molar-refractivity contribution in [3.8, 4) is 5.75 Å². The maximum absolute atomic E-state index is 13.3. The van der Waals surface area contributed by atoms with Crippen LogP contribution in [0.2, 0.25) is 0 Å². The number of hydrogen-bond donors (Lipinski definition) is 1. The van der Waals surface area contributed by atoms with Gasteiger partial charge >= 0.3 is 0 Å². The number of aliphatic hydroxyl groups is 1. The van der Waals surface area contributed by atoms with Gasteiger partial charge in [-0.2, -0.15) is 0 Å². The molecule has 5 heteroatoms. The lowest BCUT2D eigenvalue weighted by molar-refractivity contribution is 0.284. The van der Waals surface area contributed by atoms with Crippen LogP contribution < -0.4 is 4.74 Å². The molecule has 0 aliphatic heterocycles. The van der Waals surface area contributed by atoms with Gasteiger partial charge in [0.2, 0.25) is 0 Å². The van der Waals surface area contributed by atoms with E-state index in [4.69, 9.17) is 9.84 Å². The molecule has 0 bridgehead atoms. The Morgan fingerprint density at radius 3 is 2.82 bits per heavy atom. The molecule has 3 nitrogen and oxygen atoms in total. The third kappa shape index (κ3) is 2.81. The van der Waals surface area contributed by atoms with E-state index in [-0.39, 0.29) is 24.8 Å². The van der Waals surface area contributed by atoms with Crippen LogP contribution in [-0.2, 0) is 13.2 Å². The van der Waals surface area contributed by atoms with Crippen molar-refractivity contribution in [2.75, 3.05) is 0 Å². The summed E-state index contributed by atoms with van der Waals surface area (Å²) in [6.45, 7) is 2.02. The van der Waals surface area contributed by atoms with Gasteiger partial charge in [0.05, 0.1) is 17.2 Å². The Hall–Kier alpha value is -1.46. The van der Waals surface area contributed by atoms with Crippen LogP contribution >= 0.6 is 11.3 Å². The van der Waals surface area contributed by atoms with E-state index in [0.29, 0.717) is 0 Å². The Kier molecular flexibility index (Phi) is 3.71. The first-order valence-corrected chi connectivity index (χ1v) is 5.95. The quantitative estimate of drug-likeness (QED) is 0.910. The molecule has 1 heterocycles. The van der Waals surface area contributed by atoms with Gasteiger partial charge in [0.15, 0.2) is 11.6 Å². The van der Waals surface area contributed by atoms with Crippen molar-refractivity contribution in [2.45, 2.75) is 20.1 Å². The Bertz CT molecular complexity index is 513. The molecule has 0 saturated carbocycles. The first kappa shape index (κ1) is 12.0. The molecule has 2 aromatic rings. The highest BCUT2D eigenvalue weighted by molar-refractivity contribution is 7.11. The summed E-state index contributed by atoms with van der Waals surface area (Å²) in [5.74, 6) is -0.172. The highest BCUT2D eigenvalue weighted by Crippen LogP contribution is 2.21. The molecule has 0 amide bonds. The fourth-order valence-corrected chi connectivity index (χ4v) is 2.24. The molecule has 0 aliphatic carbocycles. The van der Waals surface area contributed by atoms with Gasteiger partial charge in [-0.3, -0.25) is 0 Å². The van der Waals surface area contributed by atoms with Crippen LogP contribution in [0.15, 0.2) is 24.3 Å². The standard InChI is InChI=1S/C12H12FNO2S/c1-8-11(6-15)17-12(14-8)7-16-10-5-3-2-4-9(10)13/h2-5,15H,6-7H2,1H3. The van der Waals surface area contributed by atoms with Gasteiger partial charge < -0.3 is 9.84 Å². The second-order valence-electron chi connectivity index (χ2n) is 3.49. The number of para-hydroxylation sites is 1. The van der Waals surface area contributed by atoms with Crippen LogP contribution in [0.5, 0.6) is 5.75 Å². The summed E-state index contributed by atoms with van der Waals surface area (Å²) < 4.78 is 18.6. The van der Waals surface area contributed by atoms with E-state index >= 15 is 0 Å². The van der Waals surface area contributed by atoms with Crippen LogP contribution in [0.25, 0.3) is 0 Å². The van der Waals surface area contributed by atoms with Crippen molar-refractivity contribution >= 4 is 11.3 Å². The zero-order valence-electron chi connectivity index (χ0n) is 9.31. The second kappa shape index (κ2) is 5.25. The van der Waals surface area contributed by atoms with Gasteiger partial charge in [-0.05, 0) is 19.1 Å². The molecule has 1 aromatic carbocycles. The number of hydrogen-bond acceptors (Lipinski definition) is 4. The first-order chi connectivity index (χ1) is 8.20. The van der Waals surface area contributed by atoms with E-state index in [9.17, 15) is 4.39 Å². The summed E-state index contributed by atoms with van der Waals surface area (Å²) in [5.41, 5.74) is 0.796. The summed E-state index contributed by atoms with van der Waals surface area (Å²) in [4.78, 5) is 5.05. The number of ether oxygens (including phenoxy) is 1. The van der Waals surface area contributed by atoms with Crippen LogP contribution in [-0.4, -0.2) is 10.1 Å². The second-order valence-corrected chi connectivity index (χ2v) is 4.66. The van der Waals surface area contributed by atoms with E-state index in [1.807, 2.05) is 6.92 Å². The summed E-state index contributed by atoms with van der Waals surface area (Å²) in [6, 6.07) is 6.24. The summed E-state index contributed by atoms with van der Waals surface area (Å²) >= 11 is 1.38. The Morgan fingerprint density at radius 2 is 2.18 bits per heavy atom. The summed E-state index contributed by atoms with van der Waals surface area (Å²) in [6.07, 6.45) is 0. The lowest BCUT2D eigenvalue weighted by Crippen LogP contribution is -1.96. The van der Waals surface area contributed by atoms with Gasteiger partial charge in [0.1, 0.15) is 11.6 Å². The smallest absolute Gasteiger partial charge is 0.165 e. The summed E-state index contributed by atoms with van der Waals surface area (Å²) in [7, 11) is 0. The first-order valence-electron chi connectivity index (χ1n) is 5.14. The third-order valence-corrected chi connectivity index (χ3v) is 3.38. The largest absolute Gasteiger partial charge is 0.483 e. The number of benzene rings is 1. The Labute approximate surface area is 103 Å². The minimum Gasteiger partial charge on any atom is -0.483 e. The monoisotopic (exact) mass is 253 g/mol. The van der Waals surface area contributed by atoms with Crippen LogP contribution in [0.3, 0.4) is 0 Å². The van der Waals surface area contributed by atoms with Crippen molar-refractivity contribution in [1.29, 1.82) is 0 Å². The maximum atomic E-state index is 13.3. The number of halogens is 1. The van der Waals surface area contributed by atoms with E-state index in [1.54, 1.807) is 18.2 Å². The average molecular weight is 253 g/mol. The molecule has 0 radical (unpaired) electrons. The lowest BCUT2D eigenvalue weighted by Gasteiger charge is -2.04. The number of nitrogens with zero attached hydrogens (tertiary/aromatic N) is 1. The van der Waals surface area contributed by atoms with Crippen molar-refractivity contribution < 1.29 is 14.2 Å². The Morgan fingerprint density at radius 1 is 1.41 bits per heavy atom. The Balaban J connectivity index is 2.05. The van der Waals surface area contributed by atoms with Gasteiger partial charge in [-0.1, -0.05) is 12.1 Å². The predicted molar refractivity (Wildman–Crippen MR) is 63.5 cm³/mol. The molecular weight excluding hydrogens is 241 g/mol. The molecular formula is C12H12FNO2S. The van der Waals surface area contributed by atoms with Gasteiger partial charge in [-0.25, -0.2) is 9.37 Å². The molecule has 0 fully saturated rings. The molecule has 0 saturated heterocycles. The van der Waals surface area contributed by atoms with Gasteiger partial charge in [0, 0.05) is 0 Å². The number of rotatable bonds is 4. The topological polar surface area (TPSA) is 42.4 Å². The molecule has 2 rings (SSSR count). The van der Waals surface area contributed by atoms with E-state index in [0.717, 1.165) is 15.6 Å². The average Bonchev–Trinajstić information content (AvgIpc) is 2.69. The van der Waals surface area contributed by atoms with Gasteiger partial charge in [-0.15, -0.1) is 11.3 Å². The normalized spacial score (nSPS) is 10.5. The number of aromatic nitrogens is 1. The van der Waals surface area contributed by atoms with Crippen molar-refractivity contribution in [3.63, 3.8) is 0 Å². The highest BCUT2D eigenvalue weighted by Gasteiger charge is 2.08. The van der Waals surface area contributed by atoms with Crippen molar-refractivity contribution in [3.05, 3.63) is 45.7 Å². The fraction of sp³-hybridized carbons (Fsp3) is 0.250. The number of aryl methyl sites for hydroxylation is 1. The van der Waals surface area contributed by atoms with E-state index in [1.165, 1.54) is 17.4 Å². The van der Waals surface area contributed by atoms with Gasteiger partial charge in [0.25, 0.3) is 0 Å². The van der Waals surface area contributed by atoms with E-state index in [2.05, 4.69) is 4.98 Å². The van der Waals surface area contributed by atoms with Crippen LogP contribution in [0, 0.1) is 12.7 Å². The highest BCUT2D eigenvalue weighted by atomic mass is 32.1. The SMILES string of the molecule is Cc1nc(COc2ccccc2F)sc1CO. The summed E-state index contributed by atoms with van der Waals surface area (Å²) in [5, 5.41) is 9.76. The van der Waals surface area contributed by atoms with Crippen molar-refractivity contribution in [2.24, 2.45) is 0 Å². The molecule has 0 atom stereocenters. The number of aliphatic hydroxyl groups excluding tert-OH is 1. The van der Waals surface area contributed by atoms with Crippen LogP contribution in [0.4, 0.5) is 4.39 Å². The molecule has 0 aliphatic rings. The minimum absolute atomic E-state index is 0.0246. The third-order valence-electron chi connectivity index (χ3n) is 2.27. The molecule has 0 spiro atoms. The molecule has 90 valence electrons. The van der Waals surface area contributed by atoms with Crippen molar-refractivity contribution in [1.82, 2.24) is 4.98 Å². The molecule has 17 heavy (non-hydrogen) atoms. The maximum Gasteiger partial charge on any atom is 0.165 e. The molecule has 1 N–H and O–H groups in total. The lowest BCUT2D eigenvalue weighted by atomic mass is 10.3. The van der Waals surface area contributed by atoms with Crippen LogP contribution in [0.1, 0.15) is 15.6 Å². The minimum atomic E-state index is -0.386. The zero-order chi connectivity index (χ0) is 12.3. The predicted octanol–water partition coefficient (Wildman–Crippen LogP) is 2.66. The zero-order valence-corrected chi connectivity index (χ0v) is 10.1. The molecule has 0 unspecified atom stereocenters. The fourth-order valence-electron chi connectivity index (χ4n) is 1.40. The van der Waals surface area contributed by atoms with E-state index < -0.39 is 0 Å².